The van der Waals surface area contributed by atoms with E-state index in [1.165, 1.54) is 50.6 Å². The molecule has 3 heterocycles. The van der Waals surface area contributed by atoms with Crippen molar-refractivity contribution in [2.24, 2.45) is 10.8 Å². The summed E-state index contributed by atoms with van der Waals surface area (Å²) in [6.07, 6.45) is 12.2. The van der Waals surface area contributed by atoms with Crippen LogP contribution in [-0.2, 0) is 26.5 Å². The third-order valence-corrected chi connectivity index (χ3v) is 12.3. The number of fused-ring (bicyclic) bond motifs is 7. The van der Waals surface area contributed by atoms with E-state index in [1.54, 1.807) is 30.3 Å². The van der Waals surface area contributed by atoms with Crippen LogP contribution in [0.1, 0.15) is 126 Å². The van der Waals surface area contributed by atoms with E-state index in [4.69, 9.17) is 16.8 Å². The Balaban J connectivity index is 0.000000227. The van der Waals surface area contributed by atoms with Crippen molar-refractivity contribution in [3.63, 3.8) is 0 Å². The van der Waals surface area contributed by atoms with Gasteiger partial charge < -0.3 is 14.4 Å². The van der Waals surface area contributed by atoms with Crippen molar-refractivity contribution in [3.05, 3.63) is 143 Å². The molecule has 3 nitrogen and oxygen atoms in total. The maximum absolute atomic E-state index is 9.73. The van der Waals surface area contributed by atoms with Gasteiger partial charge in [0.25, 0.3) is 0 Å². The third-order valence-electron chi connectivity index (χ3n) is 12.3. The molecule has 0 aliphatic heterocycles. The van der Waals surface area contributed by atoms with E-state index in [0.717, 1.165) is 69.1 Å². The van der Waals surface area contributed by atoms with Crippen LogP contribution >= 0.6 is 0 Å². The molecule has 59 heavy (non-hydrogen) atoms. The van der Waals surface area contributed by atoms with Crippen LogP contribution in [0.25, 0.3) is 66.0 Å². The summed E-state index contributed by atoms with van der Waals surface area (Å²) in [7, 11) is 0. The number of rotatable bonds is 4. The van der Waals surface area contributed by atoms with Crippen LogP contribution in [0.2, 0.25) is 0 Å². The summed E-state index contributed by atoms with van der Waals surface area (Å²) < 4.78 is 86.6. The summed E-state index contributed by atoms with van der Waals surface area (Å²) in [6.45, 7) is 0.918. The normalized spacial score (nSPS) is 19.4. The average Bonchev–Trinajstić information content (AvgIpc) is 3.71. The van der Waals surface area contributed by atoms with Crippen molar-refractivity contribution in [1.29, 1.82) is 0 Å². The first-order chi connectivity index (χ1) is 32.1. The van der Waals surface area contributed by atoms with Gasteiger partial charge in [-0.2, -0.15) is 0 Å². The average molecular weight is 963 g/mol. The number of aromatic nitrogens is 2. The number of hydrogen-bond donors (Lipinski definition) is 0. The molecule has 8 aromatic rings. The van der Waals surface area contributed by atoms with E-state index in [1.807, 2.05) is 32.9 Å². The summed E-state index contributed by atoms with van der Waals surface area (Å²) in [5.74, 6) is -0.595. The first kappa shape index (κ1) is 30.4. The predicted octanol–water partition coefficient (Wildman–Crippen LogP) is 15.4. The fraction of sp³-hybridized carbons (Fsp3) is 0.345. The number of pyridine rings is 2. The molecule has 0 unspecified atom stereocenters. The maximum Gasteiger partial charge on any atom is 0.129 e. The van der Waals surface area contributed by atoms with E-state index in [9.17, 15) is 1.37 Å². The second kappa shape index (κ2) is 16.8. The van der Waals surface area contributed by atoms with Crippen LogP contribution in [0.5, 0.6) is 0 Å². The van der Waals surface area contributed by atoms with Crippen molar-refractivity contribution in [2.75, 3.05) is 0 Å². The van der Waals surface area contributed by atoms with Crippen molar-refractivity contribution < 1.29 is 38.2 Å². The molecule has 5 aromatic carbocycles. The van der Waals surface area contributed by atoms with E-state index in [2.05, 4.69) is 64.6 Å². The minimum absolute atomic E-state index is 0. The molecule has 1 spiro atoms. The minimum Gasteiger partial charge on any atom is -0.500 e. The van der Waals surface area contributed by atoms with E-state index in [-0.39, 0.29) is 38.1 Å². The zero-order valence-electron chi connectivity index (χ0n) is 44.0. The minimum atomic E-state index is -2.33. The van der Waals surface area contributed by atoms with Crippen LogP contribution in [0.3, 0.4) is 0 Å². The van der Waals surface area contributed by atoms with E-state index >= 15 is 0 Å². The number of nitrogens with zero attached hydrogens (tertiary/aromatic N) is 2. The summed E-state index contributed by atoms with van der Waals surface area (Å²) in [5, 5.41) is 6.27. The van der Waals surface area contributed by atoms with Crippen molar-refractivity contribution in [2.45, 2.75) is 111 Å². The van der Waals surface area contributed by atoms with Crippen LogP contribution in [0.4, 0.5) is 0 Å². The van der Waals surface area contributed by atoms with Gasteiger partial charge in [0, 0.05) is 57.0 Å². The maximum atomic E-state index is 9.73. The molecule has 1 radical (unpaired) electrons. The van der Waals surface area contributed by atoms with Gasteiger partial charge in [-0.15, -0.1) is 53.6 Å². The molecule has 2 saturated carbocycles. The second-order valence-corrected chi connectivity index (χ2v) is 17.4. The van der Waals surface area contributed by atoms with Gasteiger partial charge >= 0.3 is 0 Å². The van der Waals surface area contributed by atoms with Crippen molar-refractivity contribution in [1.82, 2.24) is 9.97 Å². The molecule has 3 aromatic heterocycles. The summed E-state index contributed by atoms with van der Waals surface area (Å²) in [6, 6.07) is 34.9. The molecule has 10 rings (SSSR count). The quantitative estimate of drug-likeness (QED) is 0.130. The number of furan rings is 1. The Morgan fingerprint density at radius 3 is 2.29 bits per heavy atom. The number of aryl methyl sites for hydroxylation is 3. The van der Waals surface area contributed by atoms with Gasteiger partial charge in [-0.3, -0.25) is 0 Å². The summed E-state index contributed by atoms with van der Waals surface area (Å²) >= 11 is 0. The third kappa shape index (κ3) is 8.41. The fourth-order valence-electron chi connectivity index (χ4n) is 9.30. The number of hydrogen-bond acceptors (Lipinski definition) is 3. The number of benzene rings is 5. The van der Waals surface area contributed by atoms with E-state index in [0.29, 0.717) is 44.6 Å². The van der Waals surface area contributed by atoms with Gasteiger partial charge in [0.2, 0.25) is 0 Å². The Morgan fingerprint density at radius 1 is 0.780 bits per heavy atom. The van der Waals surface area contributed by atoms with Gasteiger partial charge in [0.1, 0.15) is 5.58 Å². The van der Waals surface area contributed by atoms with Crippen molar-refractivity contribution in [3.8, 4) is 22.5 Å². The molecule has 0 bridgehead atoms. The summed E-state index contributed by atoms with van der Waals surface area (Å²) in [4.78, 5) is 8.81. The molecule has 0 amide bonds. The Hall–Kier alpha value is -4.63. The molecule has 0 atom stereocenters. The zero-order chi connectivity index (χ0) is 48.4. The van der Waals surface area contributed by atoms with Crippen molar-refractivity contribution >= 4 is 43.5 Å². The molecule has 4 heteroatoms. The molecule has 303 valence electrons. The SMILES string of the molecule is [2H]C([2H])([2H])c1c[c-]c(-c2ccc(C([2H])([2H])C(C)(C)C)cn2)cc1.[2H]Cc1cc(-c2[c-]ccc3c2oc2c3ccc3ccc4c(C5([2H])CCC6(CCCCC6)CC5)cccc4c32)ncc1C([2H])([2H])[2H].[Ir]. The standard InChI is InChI=1S/C38H36NO.C17H20N.Ir/c1-24-22-34(39-23-25(24)2)33-11-7-10-31-32-15-13-27-12-14-29-28(8-6-9-30(29)35(27)37(32)40-36(31)33)26-16-20-38(21-17-26)18-4-3-5-19-38;1-13-5-8-15(9-6-13)16-10-7-14(12-18-16)11-17(2,3)4;/h6-10,12-15,22-23,26H,3-5,16-21H2,1-2H3;5-8,10,12H,11H2,1-4H3;/q2*-1;/i1D,2D3,26D;1D3,11D2;. The zero-order valence-corrected chi connectivity index (χ0v) is 36.4. The fourth-order valence-corrected chi connectivity index (χ4v) is 9.30. The molecular weight excluding hydrogens is 897 g/mol. The Morgan fingerprint density at radius 2 is 1.58 bits per heavy atom. The van der Waals surface area contributed by atoms with Gasteiger partial charge in [0.15, 0.2) is 0 Å². The molecule has 0 N–H and O–H groups in total. The Labute approximate surface area is 378 Å². The van der Waals surface area contributed by atoms with Crippen LogP contribution in [0, 0.1) is 43.6 Å². The van der Waals surface area contributed by atoms with E-state index < -0.39 is 31.4 Å². The molecule has 2 fully saturated rings. The first-order valence-corrected chi connectivity index (χ1v) is 20.6. The second-order valence-electron chi connectivity index (χ2n) is 17.4. The van der Waals surface area contributed by atoms with Crippen LogP contribution < -0.4 is 0 Å². The van der Waals surface area contributed by atoms with Gasteiger partial charge in [-0.25, -0.2) is 0 Å². The molecular formula is C55H56IrN2O-2. The molecule has 2 aliphatic carbocycles. The Kier molecular flexibility index (Phi) is 8.65. The largest absolute Gasteiger partial charge is 0.500 e. The summed E-state index contributed by atoms with van der Waals surface area (Å²) in [5.41, 5.74) is 6.25. The monoisotopic (exact) mass is 963 g/mol. The molecule has 2 aliphatic rings. The van der Waals surface area contributed by atoms with Crippen LogP contribution in [-0.4, -0.2) is 9.97 Å². The first-order valence-electron chi connectivity index (χ1n) is 25.8. The Bertz CT molecular complexity index is 3140. The molecule has 0 saturated heterocycles. The van der Waals surface area contributed by atoms with Crippen LogP contribution in [0.15, 0.2) is 108 Å². The van der Waals surface area contributed by atoms with Gasteiger partial charge in [0.05, 0.1) is 5.58 Å². The smallest absolute Gasteiger partial charge is 0.129 e. The van der Waals surface area contributed by atoms with Gasteiger partial charge in [-0.05, 0) is 120 Å². The van der Waals surface area contributed by atoms with Gasteiger partial charge in [-0.1, -0.05) is 124 Å². The predicted molar refractivity (Wildman–Crippen MR) is 243 cm³/mol. The topological polar surface area (TPSA) is 38.9 Å².